The van der Waals surface area contributed by atoms with Crippen molar-refractivity contribution in [3.05, 3.63) is 53.0 Å². The molecule has 8 heteroatoms. The van der Waals surface area contributed by atoms with Crippen LogP contribution in [0.2, 0.25) is 0 Å². The maximum atomic E-state index is 12.9. The molecule has 1 fully saturated rings. The fraction of sp³-hybridized carbons (Fsp3) is 0.435. The molecule has 2 aromatic heterocycles. The Morgan fingerprint density at radius 3 is 2.68 bits per heavy atom. The number of aryl methyl sites for hydroxylation is 2. The Bertz CT molecular complexity index is 1060. The summed E-state index contributed by atoms with van der Waals surface area (Å²) >= 11 is 0. The van der Waals surface area contributed by atoms with Crippen LogP contribution in [0, 0.1) is 13.8 Å². The first-order chi connectivity index (χ1) is 15.0. The van der Waals surface area contributed by atoms with Crippen LogP contribution >= 0.6 is 0 Å². The van der Waals surface area contributed by atoms with Gasteiger partial charge in [0.25, 0.3) is 5.91 Å². The van der Waals surface area contributed by atoms with Gasteiger partial charge in [-0.1, -0.05) is 18.2 Å². The number of carbonyl (C=O) groups is 1. The van der Waals surface area contributed by atoms with Gasteiger partial charge in [0.15, 0.2) is 0 Å². The van der Waals surface area contributed by atoms with E-state index < -0.39 is 0 Å². The first-order valence-corrected chi connectivity index (χ1v) is 10.7. The lowest BCUT2D eigenvalue weighted by molar-refractivity contribution is 0.0932. The number of nitrogens with zero attached hydrogens (tertiary/aromatic N) is 4. The zero-order chi connectivity index (χ0) is 22.0. The van der Waals surface area contributed by atoms with Gasteiger partial charge in [0.1, 0.15) is 11.4 Å². The molecule has 1 unspecified atom stereocenters. The van der Waals surface area contributed by atoms with E-state index >= 15 is 0 Å². The fourth-order valence-corrected chi connectivity index (χ4v) is 4.43. The fourth-order valence-electron chi connectivity index (χ4n) is 4.43. The quantitative estimate of drug-likeness (QED) is 0.611. The van der Waals surface area contributed by atoms with E-state index in [-0.39, 0.29) is 11.9 Å². The van der Waals surface area contributed by atoms with Gasteiger partial charge < -0.3 is 10.1 Å². The van der Waals surface area contributed by atoms with Gasteiger partial charge in [0.05, 0.1) is 24.5 Å². The van der Waals surface area contributed by atoms with Gasteiger partial charge in [0.2, 0.25) is 0 Å². The number of nitrogens with one attached hydrogen (secondary N) is 2. The Labute approximate surface area is 182 Å². The lowest BCUT2D eigenvalue weighted by Crippen LogP contribution is -2.37. The summed E-state index contributed by atoms with van der Waals surface area (Å²) in [6.45, 7) is 6.49. The van der Waals surface area contributed by atoms with Gasteiger partial charge in [-0.3, -0.25) is 19.5 Å². The van der Waals surface area contributed by atoms with E-state index in [4.69, 9.17) is 4.74 Å². The van der Waals surface area contributed by atoms with Crippen molar-refractivity contribution in [3.8, 4) is 17.0 Å². The van der Waals surface area contributed by atoms with E-state index in [2.05, 4.69) is 31.6 Å². The molecule has 0 radical (unpaired) electrons. The highest BCUT2D eigenvalue weighted by Crippen LogP contribution is 2.31. The first-order valence-electron chi connectivity index (χ1n) is 10.7. The predicted octanol–water partition coefficient (Wildman–Crippen LogP) is 3.00. The molecule has 1 aliphatic rings. The van der Waals surface area contributed by atoms with Crippen molar-refractivity contribution in [2.75, 3.05) is 26.7 Å². The molecule has 1 atom stereocenters. The van der Waals surface area contributed by atoms with Crippen molar-refractivity contribution in [1.29, 1.82) is 0 Å². The summed E-state index contributed by atoms with van der Waals surface area (Å²) in [7, 11) is 3.59. The molecule has 1 saturated heterocycles. The minimum absolute atomic E-state index is 0.0628. The van der Waals surface area contributed by atoms with Crippen molar-refractivity contribution in [2.45, 2.75) is 32.7 Å². The standard InChI is InChI=1S/C23H30N6O2/c1-15-22(16(2)28(3)27-15)18-13-19(26-25-18)23(30)24-14-20(29-11-7-8-12-29)17-9-5-6-10-21(17)31-4/h5-6,9-10,13,20H,7-8,11-12,14H2,1-4H3,(H,24,30)(H,25,26). The maximum Gasteiger partial charge on any atom is 0.269 e. The second-order valence-electron chi connectivity index (χ2n) is 8.05. The molecule has 2 N–H and O–H groups in total. The SMILES string of the molecule is COc1ccccc1C(CNC(=O)c1cc(-c2c(C)nn(C)c2C)n[nH]1)N1CCCC1. The highest BCUT2D eigenvalue weighted by atomic mass is 16.5. The highest BCUT2D eigenvalue weighted by Gasteiger charge is 2.27. The second-order valence-corrected chi connectivity index (χ2v) is 8.05. The average Bonchev–Trinajstić information content (AvgIpc) is 3.51. The summed E-state index contributed by atoms with van der Waals surface area (Å²) in [6.07, 6.45) is 2.35. The minimum Gasteiger partial charge on any atom is -0.496 e. The van der Waals surface area contributed by atoms with Crippen LogP contribution in [0.1, 0.15) is 46.3 Å². The average molecular weight is 423 g/mol. The number of carbonyl (C=O) groups excluding carboxylic acids is 1. The third-order valence-corrected chi connectivity index (χ3v) is 6.12. The van der Waals surface area contributed by atoms with Crippen molar-refractivity contribution in [1.82, 2.24) is 30.2 Å². The van der Waals surface area contributed by atoms with E-state index in [1.807, 2.05) is 43.8 Å². The maximum absolute atomic E-state index is 12.9. The van der Waals surface area contributed by atoms with Gasteiger partial charge in [-0.15, -0.1) is 0 Å². The van der Waals surface area contributed by atoms with E-state index in [0.717, 1.165) is 47.0 Å². The van der Waals surface area contributed by atoms with Crippen LogP contribution in [0.3, 0.4) is 0 Å². The second kappa shape index (κ2) is 8.93. The highest BCUT2D eigenvalue weighted by molar-refractivity contribution is 5.93. The summed E-state index contributed by atoms with van der Waals surface area (Å²) in [6, 6.07) is 9.89. The number of hydrogen-bond acceptors (Lipinski definition) is 5. The van der Waals surface area contributed by atoms with Crippen molar-refractivity contribution < 1.29 is 9.53 Å². The van der Waals surface area contributed by atoms with Gasteiger partial charge in [-0.05, 0) is 51.9 Å². The molecule has 1 aromatic carbocycles. The molecule has 31 heavy (non-hydrogen) atoms. The number of aromatic amines is 1. The largest absolute Gasteiger partial charge is 0.496 e. The molecule has 3 aromatic rings. The van der Waals surface area contributed by atoms with Crippen LogP contribution < -0.4 is 10.1 Å². The molecule has 4 rings (SSSR count). The summed E-state index contributed by atoms with van der Waals surface area (Å²) in [5, 5.41) is 14.8. The molecule has 1 amide bonds. The number of rotatable bonds is 7. The first kappa shape index (κ1) is 21.1. The third-order valence-electron chi connectivity index (χ3n) is 6.12. The van der Waals surface area contributed by atoms with E-state index in [1.54, 1.807) is 13.2 Å². The molecule has 8 nitrogen and oxygen atoms in total. The topological polar surface area (TPSA) is 88.1 Å². The molecule has 0 bridgehead atoms. The number of amides is 1. The zero-order valence-electron chi connectivity index (χ0n) is 18.6. The lowest BCUT2D eigenvalue weighted by Gasteiger charge is -2.29. The summed E-state index contributed by atoms with van der Waals surface area (Å²) in [4.78, 5) is 15.3. The Morgan fingerprint density at radius 1 is 1.26 bits per heavy atom. The summed E-state index contributed by atoms with van der Waals surface area (Å²) in [5.74, 6) is 0.678. The molecule has 0 spiro atoms. The van der Waals surface area contributed by atoms with Crippen LogP contribution in [0.4, 0.5) is 0 Å². The molecule has 164 valence electrons. The summed E-state index contributed by atoms with van der Waals surface area (Å²) in [5.41, 5.74) is 5.14. The third kappa shape index (κ3) is 4.20. The van der Waals surface area contributed by atoms with Gasteiger partial charge in [-0.25, -0.2) is 0 Å². The number of aromatic nitrogens is 4. The summed E-state index contributed by atoms with van der Waals surface area (Å²) < 4.78 is 7.42. The van der Waals surface area contributed by atoms with Crippen LogP contribution in [-0.2, 0) is 7.05 Å². The molecule has 0 aliphatic carbocycles. The van der Waals surface area contributed by atoms with Crippen molar-refractivity contribution in [3.63, 3.8) is 0 Å². The van der Waals surface area contributed by atoms with E-state index in [0.29, 0.717) is 12.2 Å². The predicted molar refractivity (Wildman–Crippen MR) is 119 cm³/mol. The van der Waals surface area contributed by atoms with Crippen LogP contribution in [0.5, 0.6) is 5.75 Å². The Balaban J connectivity index is 1.51. The van der Waals surface area contributed by atoms with Gasteiger partial charge in [-0.2, -0.15) is 10.2 Å². The van der Waals surface area contributed by atoms with Gasteiger partial charge >= 0.3 is 0 Å². The normalized spacial score (nSPS) is 15.2. The Kier molecular flexibility index (Phi) is 6.08. The van der Waals surface area contributed by atoms with Crippen LogP contribution in [0.25, 0.3) is 11.3 Å². The van der Waals surface area contributed by atoms with Crippen LogP contribution in [-0.4, -0.2) is 57.5 Å². The molecule has 0 saturated carbocycles. The van der Waals surface area contributed by atoms with Crippen molar-refractivity contribution >= 4 is 5.91 Å². The molecule has 1 aliphatic heterocycles. The Hall–Kier alpha value is -3.13. The molecule has 3 heterocycles. The van der Waals surface area contributed by atoms with Crippen LogP contribution in [0.15, 0.2) is 30.3 Å². The number of likely N-dealkylation sites (tertiary alicyclic amines) is 1. The van der Waals surface area contributed by atoms with Gasteiger partial charge in [0, 0.05) is 30.4 Å². The monoisotopic (exact) mass is 422 g/mol. The molecular weight excluding hydrogens is 392 g/mol. The minimum atomic E-state index is -0.169. The number of hydrogen-bond donors (Lipinski definition) is 2. The van der Waals surface area contributed by atoms with Crippen molar-refractivity contribution in [2.24, 2.45) is 7.05 Å². The number of para-hydroxylation sites is 1. The number of H-pyrrole nitrogens is 1. The number of benzene rings is 1. The number of methoxy groups -OCH3 is 1. The Morgan fingerprint density at radius 2 is 2.00 bits per heavy atom. The number of ether oxygens (including phenoxy) is 1. The zero-order valence-corrected chi connectivity index (χ0v) is 18.6. The molecular formula is C23H30N6O2. The smallest absolute Gasteiger partial charge is 0.269 e. The van der Waals surface area contributed by atoms with E-state index in [1.165, 1.54) is 12.8 Å². The van der Waals surface area contributed by atoms with E-state index in [9.17, 15) is 4.79 Å². The lowest BCUT2D eigenvalue weighted by atomic mass is 10.0.